The molecule has 2 aromatic carbocycles. The summed E-state index contributed by atoms with van der Waals surface area (Å²) in [4.78, 5) is 17.8. The molecule has 0 fully saturated rings. The molecule has 0 bridgehead atoms. The second kappa shape index (κ2) is 8.62. The lowest BCUT2D eigenvalue weighted by molar-refractivity contribution is 0.0458. The van der Waals surface area contributed by atoms with Crippen LogP contribution >= 0.6 is 0 Å². The largest absolute Gasteiger partial charge is 0.486 e. The predicted octanol–water partition coefficient (Wildman–Crippen LogP) is 3.43. The van der Waals surface area contributed by atoms with Crippen molar-refractivity contribution in [3.8, 4) is 22.8 Å². The Morgan fingerprint density at radius 2 is 1.94 bits per heavy atom. The van der Waals surface area contributed by atoms with E-state index in [1.165, 1.54) is 0 Å². The molecular weight excluding hydrogens is 410 g/mol. The Hall–Kier alpha value is -4.01. The first kappa shape index (κ1) is 19.9. The van der Waals surface area contributed by atoms with Gasteiger partial charge in [0.2, 0.25) is 0 Å². The molecule has 0 saturated heterocycles. The van der Waals surface area contributed by atoms with Crippen LogP contribution in [0.1, 0.15) is 29.5 Å². The second-order valence-electron chi connectivity index (χ2n) is 7.33. The van der Waals surface area contributed by atoms with Gasteiger partial charge in [-0.15, -0.1) is 5.10 Å². The molecule has 9 heteroatoms. The lowest BCUT2D eigenvalue weighted by Gasteiger charge is -2.19. The van der Waals surface area contributed by atoms with E-state index in [2.05, 4.69) is 15.5 Å². The van der Waals surface area contributed by atoms with Crippen LogP contribution in [0, 0.1) is 0 Å². The van der Waals surface area contributed by atoms with Gasteiger partial charge in [0, 0.05) is 17.5 Å². The molecular formula is C23H21N5O4. The Balaban J connectivity index is 1.48. The SMILES string of the molecule is CCCn1nnnc1COC(=O)c1cc(-c2ccc3c(c2)OCCO3)nc2ccccc12. The molecule has 0 unspecified atom stereocenters. The van der Waals surface area contributed by atoms with Gasteiger partial charge in [0.15, 0.2) is 23.9 Å². The normalized spacial score (nSPS) is 12.7. The van der Waals surface area contributed by atoms with Crippen molar-refractivity contribution in [1.29, 1.82) is 0 Å². The predicted molar refractivity (Wildman–Crippen MR) is 115 cm³/mol. The molecule has 0 spiro atoms. The van der Waals surface area contributed by atoms with Gasteiger partial charge in [-0.05, 0) is 47.2 Å². The minimum Gasteiger partial charge on any atom is -0.486 e. The molecule has 0 radical (unpaired) electrons. The zero-order chi connectivity index (χ0) is 21.9. The van der Waals surface area contributed by atoms with Crippen molar-refractivity contribution in [3.63, 3.8) is 0 Å². The van der Waals surface area contributed by atoms with Crippen molar-refractivity contribution in [2.24, 2.45) is 0 Å². The maximum Gasteiger partial charge on any atom is 0.339 e. The third kappa shape index (κ3) is 3.84. The number of nitrogens with zero attached hydrogens (tertiary/aromatic N) is 5. The van der Waals surface area contributed by atoms with E-state index >= 15 is 0 Å². The Labute approximate surface area is 183 Å². The average molecular weight is 431 g/mol. The zero-order valence-electron chi connectivity index (χ0n) is 17.5. The Bertz CT molecular complexity index is 1290. The summed E-state index contributed by atoms with van der Waals surface area (Å²) in [5, 5.41) is 12.3. The van der Waals surface area contributed by atoms with Crippen LogP contribution in [0.25, 0.3) is 22.2 Å². The highest BCUT2D eigenvalue weighted by Crippen LogP contribution is 2.35. The summed E-state index contributed by atoms with van der Waals surface area (Å²) in [5.41, 5.74) is 2.59. The number of hydrogen-bond acceptors (Lipinski definition) is 8. The number of fused-ring (bicyclic) bond motifs is 2. The molecule has 0 aliphatic carbocycles. The second-order valence-corrected chi connectivity index (χ2v) is 7.33. The number of aryl methyl sites for hydroxylation is 1. The van der Waals surface area contributed by atoms with Crippen LogP contribution in [0.3, 0.4) is 0 Å². The molecule has 5 rings (SSSR count). The summed E-state index contributed by atoms with van der Waals surface area (Å²) < 4.78 is 18.5. The number of benzene rings is 2. The highest BCUT2D eigenvalue weighted by Gasteiger charge is 2.18. The van der Waals surface area contributed by atoms with E-state index in [-0.39, 0.29) is 6.61 Å². The number of carbonyl (C=O) groups is 1. The van der Waals surface area contributed by atoms with E-state index in [0.29, 0.717) is 59.2 Å². The van der Waals surface area contributed by atoms with Crippen molar-refractivity contribution in [1.82, 2.24) is 25.2 Å². The highest BCUT2D eigenvalue weighted by molar-refractivity contribution is 6.04. The van der Waals surface area contributed by atoms with Gasteiger partial charge in [-0.2, -0.15) is 0 Å². The number of carbonyl (C=O) groups excluding carboxylic acids is 1. The van der Waals surface area contributed by atoms with E-state index in [1.807, 2.05) is 49.4 Å². The van der Waals surface area contributed by atoms with Crippen LogP contribution in [-0.4, -0.2) is 44.4 Å². The smallest absolute Gasteiger partial charge is 0.339 e. The monoisotopic (exact) mass is 431 g/mol. The number of esters is 1. The summed E-state index contributed by atoms with van der Waals surface area (Å²) >= 11 is 0. The number of pyridine rings is 1. The molecule has 32 heavy (non-hydrogen) atoms. The number of ether oxygens (including phenoxy) is 3. The highest BCUT2D eigenvalue weighted by atomic mass is 16.6. The molecule has 1 aliphatic heterocycles. The molecule has 0 amide bonds. The lowest BCUT2D eigenvalue weighted by atomic mass is 10.0. The van der Waals surface area contributed by atoms with E-state index in [4.69, 9.17) is 19.2 Å². The minimum atomic E-state index is -0.464. The number of rotatable bonds is 6. The zero-order valence-corrected chi connectivity index (χ0v) is 17.5. The summed E-state index contributed by atoms with van der Waals surface area (Å²) in [6, 6.07) is 14.8. The molecule has 9 nitrogen and oxygen atoms in total. The molecule has 162 valence electrons. The Morgan fingerprint density at radius 3 is 2.81 bits per heavy atom. The van der Waals surface area contributed by atoms with Gasteiger partial charge in [-0.1, -0.05) is 25.1 Å². The maximum absolute atomic E-state index is 13.1. The first-order valence-electron chi connectivity index (χ1n) is 10.4. The first-order chi connectivity index (χ1) is 15.7. The fourth-order valence-electron chi connectivity index (χ4n) is 3.61. The van der Waals surface area contributed by atoms with Crippen molar-refractivity contribution < 1.29 is 19.0 Å². The van der Waals surface area contributed by atoms with Gasteiger partial charge in [0.05, 0.1) is 16.8 Å². The van der Waals surface area contributed by atoms with Crippen molar-refractivity contribution in [3.05, 3.63) is 59.9 Å². The van der Waals surface area contributed by atoms with E-state index in [9.17, 15) is 4.79 Å². The molecule has 0 N–H and O–H groups in total. The quantitative estimate of drug-likeness (QED) is 0.428. The average Bonchev–Trinajstić information content (AvgIpc) is 3.28. The van der Waals surface area contributed by atoms with Crippen LogP contribution in [-0.2, 0) is 17.9 Å². The van der Waals surface area contributed by atoms with Gasteiger partial charge < -0.3 is 14.2 Å². The van der Waals surface area contributed by atoms with Gasteiger partial charge >= 0.3 is 5.97 Å². The van der Waals surface area contributed by atoms with Crippen molar-refractivity contribution in [2.45, 2.75) is 26.5 Å². The standard InChI is InChI=1S/C23H21N5O4/c1-2-9-28-22(25-26-27-28)14-32-23(29)17-13-19(24-18-6-4-3-5-16(17)18)15-7-8-20-21(12-15)31-11-10-30-20/h3-8,12-13H,2,9-11,14H2,1H3. The van der Waals surface area contributed by atoms with Crippen LogP contribution in [0.15, 0.2) is 48.5 Å². The van der Waals surface area contributed by atoms with Crippen molar-refractivity contribution in [2.75, 3.05) is 13.2 Å². The molecule has 0 saturated carbocycles. The molecule has 4 aromatic rings. The summed E-state index contributed by atoms with van der Waals surface area (Å²) in [5.74, 6) is 1.40. The molecule has 2 aromatic heterocycles. The van der Waals surface area contributed by atoms with E-state index in [0.717, 1.165) is 12.0 Å². The number of aromatic nitrogens is 5. The van der Waals surface area contributed by atoms with Gasteiger partial charge in [0.1, 0.15) is 13.2 Å². The number of para-hydroxylation sites is 1. The number of tetrazole rings is 1. The summed E-state index contributed by atoms with van der Waals surface area (Å²) in [6.07, 6.45) is 0.875. The van der Waals surface area contributed by atoms with Crippen LogP contribution in [0.2, 0.25) is 0 Å². The third-order valence-electron chi connectivity index (χ3n) is 5.15. The Morgan fingerprint density at radius 1 is 1.09 bits per heavy atom. The van der Waals surface area contributed by atoms with Crippen LogP contribution < -0.4 is 9.47 Å². The maximum atomic E-state index is 13.1. The fraction of sp³-hybridized carbons (Fsp3) is 0.261. The first-order valence-corrected chi connectivity index (χ1v) is 10.4. The molecule has 1 aliphatic rings. The molecule has 3 heterocycles. The van der Waals surface area contributed by atoms with E-state index < -0.39 is 5.97 Å². The number of hydrogen-bond donors (Lipinski definition) is 0. The van der Waals surface area contributed by atoms with Gasteiger partial charge in [-0.25, -0.2) is 14.5 Å². The molecule has 0 atom stereocenters. The van der Waals surface area contributed by atoms with E-state index in [1.54, 1.807) is 10.7 Å². The van der Waals surface area contributed by atoms with Crippen molar-refractivity contribution >= 4 is 16.9 Å². The summed E-state index contributed by atoms with van der Waals surface area (Å²) in [6.45, 7) is 3.70. The van der Waals surface area contributed by atoms with Crippen LogP contribution in [0.5, 0.6) is 11.5 Å². The van der Waals surface area contributed by atoms with Gasteiger partial charge in [0.25, 0.3) is 0 Å². The Kier molecular flexibility index (Phi) is 5.37. The summed E-state index contributed by atoms with van der Waals surface area (Å²) in [7, 11) is 0. The topological polar surface area (TPSA) is 101 Å². The third-order valence-corrected chi connectivity index (χ3v) is 5.15. The van der Waals surface area contributed by atoms with Gasteiger partial charge in [-0.3, -0.25) is 0 Å². The minimum absolute atomic E-state index is 0.0121. The fourth-order valence-corrected chi connectivity index (χ4v) is 3.61. The lowest BCUT2D eigenvalue weighted by Crippen LogP contribution is -2.15. The van der Waals surface area contributed by atoms with Crippen LogP contribution in [0.4, 0.5) is 0 Å².